The minimum absolute atomic E-state index is 0.0178. The van der Waals surface area contributed by atoms with Gasteiger partial charge in [0, 0.05) is 43.2 Å². The molecule has 0 saturated carbocycles. The predicted octanol–water partition coefficient (Wildman–Crippen LogP) is 3.09. The molecule has 25 heavy (non-hydrogen) atoms. The Balaban J connectivity index is 1.67. The largest absolute Gasteiger partial charge is 0.379 e. The third-order valence-electron chi connectivity index (χ3n) is 4.40. The van der Waals surface area contributed by atoms with Crippen molar-refractivity contribution in [3.05, 3.63) is 34.3 Å². The average Bonchev–Trinajstić information content (AvgIpc) is 3.11. The fraction of sp³-hybridized carbons (Fsp3) is 0.632. The van der Waals surface area contributed by atoms with E-state index in [-0.39, 0.29) is 11.5 Å². The highest BCUT2D eigenvalue weighted by molar-refractivity contribution is 9.10. The highest BCUT2D eigenvalue weighted by Crippen LogP contribution is 2.23. The van der Waals surface area contributed by atoms with Gasteiger partial charge in [-0.2, -0.15) is 0 Å². The van der Waals surface area contributed by atoms with Gasteiger partial charge in [0.2, 0.25) is 0 Å². The number of ether oxygens (including phenoxy) is 2. The summed E-state index contributed by atoms with van der Waals surface area (Å²) < 4.78 is 12.2. The van der Waals surface area contributed by atoms with Gasteiger partial charge in [-0.25, -0.2) is 0 Å². The summed E-state index contributed by atoms with van der Waals surface area (Å²) in [6.07, 6.45) is 2.25. The standard InChI is InChI=1S/C19H30BrN3O2/c1-19(2,15-5-7-16(20)8-6-15)14-23-18(21-3)22-10-4-11-25-17-9-12-24-13-17/h5-8,17H,4,9-14H2,1-3H3,(H2,21,22,23). The molecular weight excluding hydrogens is 382 g/mol. The molecule has 140 valence electrons. The second kappa shape index (κ2) is 10.1. The van der Waals surface area contributed by atoms with Crippen LogP contribution >= 0.6 is 15.9 Å². The summed E-state index contributed by atoms with van der Waals surface area (Å²) >= 11 is 3.49. The van der Waals surface area contributed by atoms with Gasteiger partial charge in [0.05, 0.1) is 12.7 Å². The molecular formula is C19H30BrN3O2. The number of halogens is 1. The SMILES string of the molecule is CN=C(NCCCOC1CCOC1)NCC(C)(C)c1ccc(Br)cc1. The van der Waals surface area contributed by atoms with Gasteiger partial charge in [0.25, 0.3) is 0 Å². The fourth-order valence-electron chi connectivity index (χ4n) is 2.70. The van der Waals surface area contributed by atoms with Crippen molar-refractivity contribution >= 4 is 21.9 Å². The van der Waals surface area contributed by atoms with Crippen molar-refractivity contribution in [1.82, 2.24) is 10.6 Å². The van der Waals surface area contributed by atoms with E-state index in [4.69, 9.17) is 9.47 Å². The van der Waals surface area contributed by atoms with Crippen LogP contribution in [0.15, 0.2) is 33.7 Å². The van der Waals surface area contributed by atoms with Gasteiger partial charge in [-0.3, -0.25) is 4.99 Å². The second-order valence-electron chi connectivity index (χ2n) is 6.95. The molecule has 0 aliphatic carbocycles. The molecule has 2 N–H and O–H groups in total. The number of nitrogens with one attached hydrogen (secondary N) is 2. The maximum atomic E-state index is 5.77. The van der Waals surface area contributed by atoms with Crippen LogP contribution in [-0.4, -0.2) is 52.0 Å². The van der Waals surface area contributed by atoms with E-state index in [0.717, 1.165) is 56.2 Å². The van der Waals surface area contributed by atoms with Gasteiger partial charge in [-0.1, -0.05) is 41.9 Å². The maximum absolute atomic E-state index is 5.77. The Morgan fingerprint density at radius 1 is 1.32 bits per heavy atom. The Hall–Kier alpha value is -1.11. The van der Waals surface area contributed by atoms with E-state index < -0.39 is 0 Å². The van der Waals surface area contributed by atoms with Gasteiger partial charge in [-0.05, 0) is 30.5 Å². The molecule has 0 spiro atoms. The topological polar surface area (TPSA) is 54.9 Å². The van der Waals surface area contributed by atoms with Crippen molar-refractivity contribution in [2.45, 2.75) is 38.2 Å². The van der Waals surface area contributed by atoms with Crippen molar-refractivity contribution in [2.24, 2.45) is 4.99 Å². The molecule has 1 aromatic rings. The molecule has 1 aliphatic heterocycles. The molecule has 1 unspecified atom stereocenters. The molecule has 5 nitrogen and oxygen atoms in total. The molecule has 1 aromatic carbocycles. The summed E-state index contributed by atoms with van der Waals surface area (Å²) in [4.78, 5) is 4.30. The van der Waals surface area contributed by atoms with Crippen molar-refractivity contribution in [2.75, 3.05) is 40.0 Å². The highest BCUT2D eigenvalue weighted by Gasteiger charge is 2.21. The number of nitrogens with zero attached hydrogens (tertiary/aromatic N) is 1. The van der Waals surface area contributed by atoms with Crippen LogP contribution in [0.3, 0.4) is 0 Å². The van der Waals surface area contributed by atoms with E-state index in [9.17, 15) is 0 Å². The summed E-state index contributed by atoms with van der Waals surface area (Å²) in [5, 5.41) is 6.77. The molecule has 0 amide bonds. The molecule has 2 rings (SSSR count). The smallest absolute Gasteiger partial charge is 0.191 e. The van der Waals surface area contributed by atoms with Crippen LogP contribution in [0, 0.1) is 0 Å². The minimum atomic E-state index is 0.0178. The first-order chi connectivity index (χ1) is 12.0. The van der Waals surface area contributed by atoms with Crippen LogP contribution in [0.5, 0.6) is 0 Å². The zero-order valence-corrected chi connectivity index (χ0v) is 17.1. The Morgan fingerprint density at radius 2 is 2.08 bits per heavy atom. The zero-order chi connectivity index (χ0) is 18.1. The summed E-state index contributed by atoms with van der Waals surface area (Å²) in [5.41, 5.74) is 1.31. The van der Waals surface area contributed by atoms with Crippen LogP contribution in [0.25, 0.3) is 0 Å². The van der Waals surface area contributed by atoms with Crippen LogP contribution in [0.2, 0.25) is 0 Å². The quantitative estimate of drug-likeness (QED) is 0.392. The van der Waals surface area contributed by atoms with E-state index in [0.29, 0.717) is 0 Å². The van der Waals surface area contributed by atoms with Crippen LogP contribution in [0.1, 0.15) is 32.3 Å². The molecule has 1 fully saturated rings. The number of hydrogen-bond donors (Lipinski definition) is 2. The Kier molecular flexibility index (Phi) is 8.19. The van der Waals surface area contributed by atoms with E-state index in [1.165, 1.54) is 5.56 Å². The summed E-state index contributed by atoms with van der Waals surface area (Å²) in [5.74, 6) is 0.828. The molecule has 1 atom stereocenters. The van der Waals surface area contributed by atoms with E-state index in [1.54, 1.807) is 7.05 Å². The van der Waals surface area contributed by atoms with Crippen molar-refractivity contribution in [3.63, 3.8) is 0 Å². The predicted molar refractivity (Wildman–Crippen MR) is 106 cm³/mol. The van der Waals surface area contributed by atoms with Crippen molar-refractivity contribution in [1.29, 1.82) is 0 Å². The number of rotatable bonds is 8. The van der Waals surface area contributed by atoms with E-state index in [1.807, 2.05) is 0 Å². The monoisotopic (exact) mass is 411 g/mol. The number of hydrogen-bond acceptors (Lipinski definition) is 3. The molecule has 1 saturated heterocycles. The van der Waals surface area contributed by atoms with Crippen LogP contribution in [0.4, 0.5) is 0 Å². The lowest BCUT2D eigenvalue weighted by atomic mass is 9.85. The minimum Gasteiger partial charge on any atom is -0.379 e. The fourth-order valence-corrected chi connectivity index (χ4v) is 2.97. The number of aliphatic imine (C=N–C) groups is 1. The lowest BCUT2D eigenvalue weighted by Crippen LogP contribution is -2.43. The van der Waals surface area contributed by atoms with Gasteiger partial charge >= 0.3 is 0 Å². The maximum Gasteiger partial charge on any atom is 0.191 e. The number of guanidine groups is 1. The molecule has 0 bridgehead atoms. The Bertz CT molecular complexity index is 540. The molecule has 1 heterocycles. The molecule has 6 heteroatoms. The number of benzene rings is 1. The lowest BCUT2D eigenvalue weighted by Gasteiger charge is -2.27. The van der Waals surface area contributed by atoms with Gasteiger partial charge in [0.1, 0.15) is 0 Å². The average molecular weight is 412 g/mol. The van der Waals surface area contributed by atoms with Gasteiger partial charge in [0.15, 0.2) is 5.96 Å². The summed E-state index contributed by atoms with van der Waals surface area (Å²) in [6, 6.07) is 8.48. The van der Waals surface area contributed by atoms with Gasteiger partial charge in [-0.15, -0.1) is 0 Å². The summed E-state index contributed by atoms with van der Waals surface area (Å²) in [7, 11) is 1.80. The normalized spacial score (nSPS) is 18.4. The summed E-state index contributed by atoms with van der Waals surface area (Å²) in [6.45, 7) is 8.43. The Labute approximate surface area is 159 Å². The molecule has 0 radical (unpaired) electrons. The highest BCUT2D eigenvalue weighted by atomic mass is 79.9. The third kappa shape index (κ3) is 6.96. The van der Waals surface area contributed by atoms with Crippen LogP contribution < -0.4 is 10.6 Å². The third-order valence-corrected chi connectivity index (χ3v) is 4.93. The van der Waals surface area contributed by atoms with Crippen molar-refractivity contribution < 1.29 is 9.47 Å². The first kappa shape index (κ1) is 20.2. The Morgan fingerprint density at radius 3 is 2.72 bits per heavy atom. The lowest BCUT2D eigenvalue weighted by molar-refractivity contribution is 0.0420. The van der Waals surface area contributed by atoms with E-state index >= 15 is 0 Å². The zero-order valence-electron chi connectivity index (χ0n) is 15.5. The molecule has 0 aromatic heterocycles. The van der Waals surface area contributed by atoms with Crippen molar-refractivity contribution in [3.8, 4) is 0 Å². The van der Waals surface area contributed by atoms with Gasteiger partial charge < -0.3 is 20.1 Å². The first-order valence-electron chi connectivity index (χ1n) is 8.91. The van der Waals surface area contributed by atoms with E-state index in [2.05, 4.69) is 69.7 Å². The van der Waals surface area contributed by atoms with Crippen LogP contribution in [-0.2, 0) is 14.9 Å². The second-order valence-corrected chi connectivity index (χ2v) is 7.87. The molecule has 1 aliphatic rings. The first-order valence-corrected chi connectivity index (χ1v) is 9.70.